The van der Waals surface area contributed by atoms with Crippen LogP contribution in [0.1, 0.15) is 16.7 Å². The van der Waals surface area contributed by atoms with Crippen LogP contribution >= 0.6 is 22.6 Å². The number of rotatable bonds is 6. The minimum atomic E-state index is 0.229. The molecule has 0 heterocycles. The van der Waals surface area contributed by atoms with Crippen LogP contribution < -0.4 is 14.8 Å². The molecular formula is C19H20INO2. The molecule has 0 bridgehead atoms. The van der Waals surface area contributed by atoms with Gasteiger partial charge in [0.05, 0.1) is 10.7 Å². The van der Waals surface area contributed by atoms with E-state index in [1.807, 2.05) is 6.07 Å². The summed E-state index contributed by atoms with van der Waals surface area (Å²) in [7, 11) is 1.63. The first-order valence-corrected chi connectivity index (χ1v) is 8.36. The molecule has 1 N–H and O–H groups in total. The molecule has 23 heavy (non-hydrogen) atoms. The van der Waals surface area contributed by atoms with E-state index < -0.39 is 0 Å². The second-order valence-corrected chi connectivity index (χ2v) is 6.44. The van der Waals surface area contributed by atoms with Crippen molar-refractivity contribution in [3.8, 4) is 23.8 Å². The fourth-order valence-electron chi connectivity index (χ4n) is 2.34. The van der Waals surface area contributed by atoms with Crippen molar-refractivity contribution in [2.24, 2.45) is 0 Å². The van der Waals surface area contributed by atoms with Crippen LogP contribution in [0.3, 0.4) is 0 Å². The second kappa shape index (κ2) is 8.11. The number of hydrogen-bond acceptors (Lipinski definition) is 3. The smallest absolute Gasteiger partial charge is 0.175 e. The molecule has 0 unspecified atom stereocenters. The summed E-state index contributed by atoms with van der Waals surface area (Å²) in [6.07, 6.45) is 5.26. The lowest BCUT2D eigenvalue weighted by atomic mass is 10.1. The molecule has 0 saturated carbocycles. The molecule has 120 valence electrons. The molecule has 0 atom stereocenters. The Morgan fingerprint density at radius 1 is 1.22 bits per heavy atom. The molecule has 3 nitrogen and oxygen atoms in total. The van der Waals surface area contributed by atoms with Crippen LogP contribution in [-0.2, 0) is 6.54 Å². The maximum Gasteiger partial charge on any atom is 0.175 e. The lowest BCUT2D eigenvalue weighted by molar-refractivity contribution is 0.328. The van der Waals surface area contributed by atoms with E-state index in [2.05, 4.69) is 71.9 Å². The van der Waals surface area contributed by atoms with E-state index in [9.17, 15) is 0 Å². The summed E-state index contributed by atoms with van der Waals surface area (Å²) < 4.78 is 12.0. The number of terminal acetylenes is 1. The Hall–Kier alpha value is -1.87. The summed E-state index contributed by atoms with van der Waals surface area (Å²) >= 11 is 2.24. The molecule has 2 aromatic rings. The van der Waals surface area contributed by atoms with Gasteiger partial charge in [-0.3, -0.25) is 0 Å². The molecule has 2 aromatic carbocycles. The Balaban J connectivity index is 2.17. The third-order valence-corrected chi connectivity index (χ3v) is 4.26. The first-order valence-electron chi connectivity index (χ1n) is 7.29. The number of halogens is 1. The van der Waals surface area contributed by atoms with Crippen LogP contribution in [0.25, 0.3) is 0 Å². The van der Waals surface area contributed by atoms with Crippen molar-refractivity contribution in [3.05, 3.63) is 50.6 Å². The molecule has 4 heteroatoms. The van der Waals surface area contributed by atoms with Gasteiger partial charge in [-0.15, -0.1) is 6.42 Å². The summed E-state index contributed by atoms with van der Waals surface area (Å²) in [6, 6.07) is 10.4. The van der Waals surface area contributed by atoms with Gasteiger partial charge in [-0.1, -0.05) is 23.6 Å². The van der Waals surface area contributed by atoms with Crippen LogP contribution in [0.4, 0.5) is 5.69 Å². The van der Waals surface area contributed by atoms with Gasteiger partial charge in [0.15, 0.2) is 11.5 Å². The molecule has 0 aliphatic carbocycles. The molecule has 0 fully saturated rings. The quantitative estimate of drug-likeness (QED) is 0.549. The third-order valence-electron chi connectivity index (χ3n) is 3.45. The zero-order valence-corrected chi connectivity index (χ0v) is 15.7. The number of anilines is 1. The van der Waals surface area contributed by atoms with Gasteiger partial charge in [0, 0.05) is 12.2 Å². The molecular weight excluding hydrogens is 401 g/mol. The highest BCUT2D eigenvalue weighted by Crippen LogP contribution is 2.34. The molecule has 2 rings (SSSR count). The van der Waals surface area contributed by atoms with Crippen molar-refractivity contribution in [1.82, 2.24) is 0 Å². The fraction of sp³-hybridized carbons (Fsp3) is 0.263. The van der Waals surface area contributed by atoms with Crippen LogP contribution in [0.2, 0.25) is 0 Å². The maximum absolute atomic E-state index is 5.57. The van der Waals surface area contributed by atoms with Crippen molar-refractivity contribution < 1.29 is 9.47 Å². The lowest BCUT2D eigenvalue weighted by Crippen LogP contribution is -2.04. The van der Waals surface area contributed by atoms with Gasteiger partial charge in [-0.25, -0.2) is 0 Å². The number of aryl methyl sites for hydroxylation is 2. The van der Waals surface area contributed by atoms with E-state index in [1.54, 1.807) is 7.11 Å². The molecule has 0 spiro atoms. The standard InChI is InChI=1S/C19H20INO2/c1-5-8-23-19-16(20)10-15(11-18(19)22-4)12-21-17-7-6-13(2)9-14(17)3/h1,6-7,9-11,21H,8,12H2,2-4H3. The van der Waals surface area contributed by atoms with E-state index in [0.29, 0.717) is 18.0 Å². The number of ether oxygens (including phenoxy) is 2. The highest BCUT2D eigenvalue weighted by atomic mass is 127. The fourth-order valence-corrected chi connectivity index (χ4v) is 3.16. The second-order valence-electron chi connectivity index (χ2n) is 5.27. The zero-order chi connectivity index (χ0) is 16.8. The molecule has 0 amide bonds. The molecule has 0 aromatic heterocycles. The Labute approximate surface area is 151 Å². The first-order chi connectivity index (χ1) is 11.0. The molecule has 0 saturated heterocycles. The number of hydrogen-bond donors (Lipinski definition) is 1. The van der Waals surface area contributed by atoms with Gasteiger partial charge < -0.3 is 14.8 Å². The molecule has 0 radical (unpaired) electrons. The highest BCUT2D eigenvalue weighted by Gasteiger charge is 2.11. The third kappa shape index (κ3) is 4.55. The van der Waals surface area contributed by atoms with Gasteiger partial charge in [0.25, 0.3) is 0 Å². The zero-order valence-electron chi connectivity index (χ0n) is 13.6. The van der Waals surface area contributed by atoms with Gasteiger partial charge in [-0.2, -0.15) is 0 Å². The van der Waals surface area contributed by atoms with Crippen LogP contribution in [0.15, 0.2) is 30.3 Å². The minimum absolute atomic E-state index is 0.229. The number of nitrogens with one attached hydrogen (secondary N) is 1. The van der Waals surface area contributed by atoms with Crippen LogP contribution in [-0.4, -0.2) is 13.7 Å². The maximum atomic E-state index is 5.57. The largest absolute Gasteiger partial charge is 0.493 e. The normalized spacial score (nSPS) is 10.0. The van der Waals surface area contributed by atoms with E-state index in [-0.39, 0.29) is 6.61 Å². The van der Waals surface area contributed by atoms with Crippen molar-refractivity contribution in [2.45, 2.75) is 20.4 Å². The van der Waals surface area contributed by atoms with Crippen molar-refractivity contribution in [2.75, 3.05) is 19.0 Å². The molecule has 0 aliphatic heterocycles. The summed E-state index contributed by atoms with van der Waals surface area (Å²) in [5.74, 6) is 3.87. The molecule has 0 aliphatic rings. The summed E-state index contributed by atoms with van der Waals surface area (Å²) in [5.41, 5.74) is 4.76. The van der Waals surface area contributed by atoms with Crippen molar-refractivity contribution in [3.63, 3.8) is 0 Å². The Morgan fingerprint density at radius 3 is 2.65 bits per heavy atom. The minimum Gasteiger partial charge on any atom is -0.493 e. The highest BCUT2D eigenvalue weighted by molar-refractivity contribution is 14.1. The summed E-state index contributed by atoms with van der Waals surface area (Å²) in [6.45, 7) is 5.15. The van der Waals surface area contributed by atoms with E-state index in [0.717, 1.165) is 14.8 Å². The average molecular weight is 421 g/mol. The van der Waals surface area contributed by atoms with E-state index in [4.69, 9.17) is 15.9 Å². The Bertz CT molecular complexity index is 735. The Kier molecular flexibility index (Phi) is 6.17. The van der Waals surface area contributed by atoms with Gasteiger partial charge >= 0.3 is 0 Å². The topological polar surface area (TPSA) is 30.5 Å². The summed E-state index contributed by atoms with van der Waals surface area (Å²) in [4.78, 5) is 0. The lowest BCUT2D eigenvalue weighted by Gasteiger charge is -2.15. The van der Waals surface area contributed by atoms with E-state index >= 15 is 0 Å². The Morgan fingerprint density at radius 2 is 2.00 bits per heavy atom. The number of benzene rings is 2. The van der Waals surface area contributed by atoms with Crippen molar-refractivity contribution >= 4 is 28.3 Å². The van der Waals surface area contributed by atoms with Crippen LogP contribution in [0.5, 0.6) is 11.5 Å². The predicted octanol–water partition coefficient (Wildman–Crippen LogP) is 4.54. The SMILES string of the molecule is C#CCOc1c(I)cc(CNc2ccc(C)cc2C)cc1OC. The van der Waals surface area contributed by atoms with Crippen molar-refractivity contribution in [1.29, 1.82) is 0 Å². The van der Waals surface area contributed by atoms with Gasteiger partial charge in [-0.05, 0) is 65.8 Å². The van der Waals surface area contributed by atoms with Gasteiger partial charge in [0.2, 0.25) is 0 Å². The van der Waals surface area contributed by atoms with Gasteiger partial charge in [0.1, 0.15) is 6.61 Å². The average Bonchev–Trinajstić information content (AvgIpc) is 2.52. The predicted molar refractivity (Wildman–Crippen MR) is 103 cm³/mol. The monoisotopic (exact) mass is 421 g/mol. The van der Waals surface area contributed by atoms with E-state index in [1.165, 1.54) is 11.1 Å². The number of methoxy groups -OCH3 is 1. The van der Waals surface area contributed by atoms with Crippen LogP contribution in [0, 0.1) is 29.8 Å². The summed E-state index contributed by atoms with van der Waals surface area (Å²) in [5, 5.41) is 3.47. The first kappa shape index (κ1) is 17.5.